The number of fused-ring (bicyclic) bond motifs is 1. The first kappa shape index (κ1) is 30.4. The minimum absolute atomic E-state index is 0.0741. The first-order chi connectivity index (χ1) is 20.7. The van der Waals surface area contributed by atoms with Crippen LogP contribution in [0.15, 0.2) is 77.7 Å². The average Bonchev–Trinajstić information content (AvgIpc) is 3.34. The smallest absolute Gasteiger partial charge is 0.294 e. The van der Waals surface area contributed by atoms with Gasteiger partial charge in [0, 0.05) is 37.2 Å². The molecular weight excluding hydrogens is 574 g/mol. The molecule has 2 fully saturated rings. The first-order valence-corrected chi connectivity index (χ1v) is 15.4. The highest BCUT2D eigenvalue weighted by Crippen LogP contribution is 2.34. The second-order valence-electron chi connectivity index (χ2n) is 10.5. The molecule has 43 heavy (non-hydrogen) atoms. The normalized spacial score (nSPS) is 18.9. The Morgan fingerprint density at radius 3 is 2.26 bits per heavy atom. The number of morpholine rings is 1. The fourth-order valence-corrected chi connectivity index (χ4v) is 5.71. The van der Waals surface area contributed by atoms with Gasteiger partial charge in [-0.3, -0.25) is 29.2 Å². The Labute approximate surface area is 250 Å². The van der Waals surface area contributed by atoms with Crippen LogP contribution in [0, 0.1) is 0 Å². The quantitative estimate of drug-likeness (QED) is 0.306. The van der Waals surface area contributed by atoms with Crippen molar-refractivity contribution in [3.8, 4) is 5.75 Å². The molecule has 12 heteroatoms. The lowest BCUT2D eigenvalue weighted by atomic mass is 10.0. The third kappa shape index (κ3) is 7.65. The van der Waals surface area contributed by atoms with Crippen LogP contribution in [-0.4, -0.2) is 72.8 Å². The number of imide groups is 1. The number of nitrogens with one attached hydrogen (secondary N) is 1. The molecule has 3 aliphatic rings. The van der Waals surface area contributed by atoms with Crippen molar-refractivity contribution in [3.63, 3.8) is 0 Å². The number of carbonyl (C=O) groups is 3. The summed E-state index contributed by atoms with van der Waals surface area (Å²) >= 11 is 0. The van der Waals surface area contributed by atoms with Gasteiger partial charge in [0.05, 0.1) is 24.7 Å². The number of piperidine rings is 1. The van der Waals surface area contributed by atoms with Crippen LogP contribution in [0.5, 0.6) is 5.75 Å². The summed E-state index contributed by atoms with van der Waals surface area (Å²) in [4.78, 5) is 40.5. The molecule has 1 atom stereocenters. The van der Waals surface area contributed by atoms with Gasteiger partial charge in [-0.15, -0.1) is 0 Å². The molecule has 11 nitrogen and oxygen atoms in total. The van der Waals surface area contributed by atoms with Crippen molar-refractivity contribution in [1.29, 1.82) is 0 Å². The number of ether oxygens (including phenoxy) is 2. The number of nitrogens with zero attached hydrogens (tertiary/aromatic N) is 2. The zero-order chi connectivity index (χ0) is 30.4. The van der Waals surface area contributed by atoms with Gasteiger partial charge in [0.25, 0.3) is 16.0 Å². The van der Waals surface area contributed by atoms with Crippen LogP contribution in [0.2, 0.25) is 0 Å². The van der Waals surface area contributed by atoms with Gasteiger partial charge in [-0.25, -0.2) is 0 Å². The summed E-state index contributed by atoms with van der Waals surface area (Å²) in [6.07, 6.45) is 0.582. The number of rotatable bonds is 7. The highest BCUT2D eigenvalue weighted by Gasteiger charge is 2.40. The summed E-state index contributed by atoms with van der Waals surface area (Å²) in [7, 11) is -4.00. The van der Waals surface area contributed by atoms with E-state index in [-0.39, 0.29) is 23.1 Å². The largest absolute Gasteiger partial charge is 0.489 e. The van der Waals surface area contributed by atoms with Crippen LogP contribution in [0.25, 0.3) is 0 Å². The van der Waals surface area contributed by atoms with E-state index in [9.17, 15) is 22.8 Å². The molecule has 3 aliphatic heterocycles. The Hall–Kier alpha value is -4.10. The molecule has 0 radical (unpaired) electrons. The fourth-order valence-electron chi connectivity index (χ4n) is 5.20. The Bertz CT molecular complexity index is 1570. The van der Waals surface area contributed by atoms with Gasteiger partial charge < -0.3 is 14.4 Å². The van der Waals surface area contributed by atoms with Crippen molar-refractivity contribution in [3.05, 3.63) is 95.1 Å². The van der Waals surface area contributed by atoms with E-state index in [1.54, 1.807) is 35.2 Å². The van der Waals surface area contributed by atoms with Crippen LogP contribution >= 0.6 is 0 Å². The Morgan fingerprint density at radius 2 is 1.60 bits per heavy atom. The number of hydrogen-bond acceptors (Lipinski definition) is 8. The second-order valence-corrected chi connectivity index (χ2v) is 11.9. The zero-order valence-electron chi connectivity index (χ0n) is 23.5. The van der Waals surface area contributed by atoms with Crippen molar-refractivity contribution < 1.29 is 36.8 Å². The van der Waals surface area contributed by atoms with Crippen LogP contribution < -0.4 is 10.1 Å². The van der Waals surface area contributed by atoms with E-state index in [1.807, 2.05) is 6.07 Å². The molecule has 6 rings (SSSR count). The van der Waals surface area contributed by atoms with Crippen LogP contribution in [0.3, 0.4) is 0 Å². The maximum absolute atomic E-state index is 12.9. The van der Waals surface area contributed by atoms with Crippen molar-refractivity contribution in [1.82, 2.24) is 15.1 Å². The number of amides is 3. The molecular formula is C31H33N3O8S. The molecule has 0 saturated carbocycles. The molecule has 3 aromatic carbocycles. The maximum atomic E-state index is 12.9. The van der Waals surface area contributed by atoms with E-state index in [2.05, 4.69) is 34.5 Å². The lowest BCUT2D eigenvalue weighted by Gasteiger charge is -2.29. The molecule has 2 N–H and O–H groups in total. The van der Waals surface area contributed by atoms with Crippen molar-refractivity contribution in [2.75, 3.05) is 26.3 Å². The molecule has 0 bridgehead atoms. The number of carbonyl (C=O) groups excluding carboxylic acids is 3. The zero-order valence-corrected chi connectivity index (χ0v) is 24.3. The van der Waals surface area contributed by atoms with E-state index in [1.165, 1.54) is 17.7 Å². The molecule has 3 heterocycles. The summed E-state index contributed by atoms with van der Waals surface area (Å²) in [6.45, 7) is 5.09. The predicted molar refractivity (Wildman–Crippen MR) is 156 cm³/mol. The third-order valence-corrected chi connectivity index (χ3v) is 8.38. The number of benzene rings is 3. The van der Waals surface area contributed by atoms with Crippen molar-refractivity contribution >= 4 is 27.8 Å². The SMILES string of the molecule is O=C1CCC(N2Cc3c(OCc4ccc(CN5CCOCC5)cc4)cccc3C2=O)C(=O)N1.O=S(=O)(O)c1ccccc1. The van der Waals surface area contributed by atoms with Gasteiger partial charge in [-0.05, 0) is 41.8 Å². The van der Waals surface area contributed by atoms with Crippen LogP contribution in [0.1, 0.15) is 39.9 Å². The minimum atomic E-state index is -4.00. The van der Waals surface area contributed by atoms with E-state index in [0.717, 1.165) is 44.0 Å². The first-order valence-electron chi connectivity index (χ1n) is 14.0. The van der Waals surface area contributed by atoms with Gasteiger partial charge >= 0.3 is 0 Å². The summed E-state index contributed by atoms with van der Waals surface area (Å²) in [5, 5.41) is 2.33. The topological polar surface area (TPSA) is 143 Å². The minimum Gasteiger partial charge on any atom is -0.489 e. The summed E-state index contributed by atoms with van der Waals surface area (Å²) in [5.41, 5.74) is 3.64. The number of hydrogen-bond donors (Lipinski definition) is 2. The van der Waals surface area contributed by atoms with Gasteiger partial charge in [0.1, 0.15) is 18.4 Å². The Balaban J connectivity index is 0.000000314. The van der Waals surface area contributed by atoms with Crippen LogP contribution in [0.4, 0.5) is 0 Å². The predicted octanol–water partition coefficient (Wildman–Crippen LogP) is 2.79. The third-order valence-electron chi connectivity index (χ3n) is 7.51. The Morgan fingerprint density at radius 1 is 0.907 bits per heavy atom. The molecule has 3 aromatic rings. The van der Waals surface area contributed by atoms with E-state index in [4.69, 9.17) is 14.0 Å². The molecule has 3 amide bonds. The second kappa shape index (κ2) is 13.5. The van der Waals surface area contributed by atoms with Crippen molar-refractivity contribution in [2.45, 2.75) is 43.5 Å². The molecule has 226 valence electrons. The van der Waals surface area contributed by atoms with Crippen molar-refractivity contribution in [2.24, 2.45) is 0 Å². The summed E-state index contributed by atoms with van der Waals surface area (Å²) in [6, 6.07) is 20.6. The highest BCUT2D eigenvalue weighted by molar-refractivity contribution is 7.85. The van der Waals surface area contributed by atoms with Gasteiger partial charge in [0.2, 0.25) is 11.8 Å². The lowest BCUT2D eigenvalue weighted by molar-refractivity contribution is -0.136. The van der Waals surface area contributed by atoms with E-state index < -0.39 is 22.1 Å². The van der Waals surface area contributed by atoms with E-state index >= 15 is 0 Å². The molecule has 2 saturated heterocycles. The van der Waals surface area contributed by atoms with Gasteiger partial charge in [-0.1, -0.05) is 48.5 Å². The molecule has 0 aromatic heterocycles. The van der Waals surface area contributed by atoms with Gasteiger partial charge in [-0.2, -0.15) is 8.42 Å². The standard InChI is InChI=1S/C25H27N3O5.C6H6O3S/c29-23-9-8-21(24(30)26-23)28-15-20-19(25(28)31)2-1-3-22(20)33-16-18-6-4-17(5-7-18)14-27-10-12-32-13-11-27;7-10(8,9)6-4-2-1-3-5-6/h1-7,21H,8-16H2,(H,26,29,30);1-5H,(H,7,8,9). The molecule has 0 spiro atoms. The van der Waals surface area contributed by atoms with Gasteiger partial charge in [0.15, 0.2) is 0 Å². The Kier molecular flexibility index (Phi) is 9.51. The van der Waals surface area contributed by atoms with Crippen LogP contribution in [-0.2, 0) is 44.1 Å². The molecule has 0 aliphatic carbocycles. The fraction of sp³-hybridized carbons (Fsp3) is 0.323. The maximum Gasteiger partial charge on any atom is 0.294 e. The summed E-state index contributed by atoms with van der Waals surface area (Å²) in [5.74, 6) is -0.252. The monoisotopic (exact) mass is 607 g/mol. The van der Waals surface area contributed by atoms with E-state index in [0.29, 0.717) is 30.9 Å². The highest BCUT2D eigenvalue weighted by atomic mass is 32.2. The summed E-state index contributed by atoms with van der Waals surface area (Å²) < 4.78 is 40.7. The molecule has 1 unspecified atom stereocenters. The lowest BCUT2D eigenvalue weighted by Crippen LogP contribution is -2.52. The average molecular weight is 608 g/mol.